The first kappa shape index (κ1) is 18.8. The summed E-state index contributed by atoms with van der Waals surface area (Å²) in [4.78, 5) is 10.9. The molecule has 0 amide bonds. The molecule has 24 heavy (non-hydrogen) atoms. The summed E-state index contributed by atoms with van der Waals surface area (Å²) < 4.78 is 42.9. The Labute approximate surface area is 139 Å². The molecule has 1 N–H and O–H groups in total. The first-order chi connectivity index (χ1) is 11.3. The molecule has 0 spiro atoms. The van der Waals surface area contributed by atoms with Crippen molar-refractivity contribution < 1.29 is 27.8 Å². The van der Waals surface area contributed by atoms with Gasteiger partial charge in [0.15, 0.2) is 5.60 Å². The lowest BCUT2D eigenvalue weighted by Gasteiger charge is -2.09. The van der Waals surface area contributed by atoms with Gasteiger partial charge in [0.2, 0.25) is 0 Å². The maximum absolute atomic E-state index is 12.6. The number of benzene rings is 1. The molecule has 0 bridgehead atoms. The topological polar surface area (TPSA) is 49.8 Å². The molecule has 1 fully saturated rings. The van der Waals surface area contributed by atoms with Crippen LogP contribution in [0.5, 0.6) is 0 Å². The molecule has 3 nitrogen and oxygen atoms in total. The van der Waals surface area contributed by atoms with Gasteiger partial charge in [-0.05, 0) is 37.3 Å². The molecule has 1 saturated heterocycles. The Morgan fingerprint density at radius 1 is 1.12 bits per heavy atom. The summed E-state index contributed by atoms with van der Waals surface area (Å²) in [5.74, 6) is -0.872. The van der Waals surface area contributed by atoms with E-state index in [1.807, 2.05) is 0 Å². The van der Waals surface area contributed by atoms with Gasteiger partial charge in [0.1, 0.15) is 0 Å². The summed E-state index contributed by atoms with van der Waals surface area (Å²) in [6.07, 6.45) is 2.58. The number of halogens is 3. The zero-order valence-electron chi connectivity index (χ0n) is 13.6. The smallest absolute Gasteiger partial charge is 0.416 e. The molecule has 1 aromatic rings. The molecule has 2 rings (SSSR count). The van der Waals surface area contributed by atoms with Gasteiger partial charge in [0.05, 0.1) is 12.2 Å². The fourth-order valence-electron chi connectivity index (χ4n) is 2.81. The van der Waals surface area contributed by atoms with Crippen molar-refractivity contribution in [2.24, 2.45) is 0 Å². The number of aliphatic carboxylic acids is 1. The van der Waals surface area contributed by atoms with Crippen LogP contribution in [0.1, 0.15) is 56.1 Å². The lowest BCUT2D eigenvalue weighted by molar-refractivity contribution is -0.143. The molecule has 134 valence electrons. The first-order valence-corrected chi connectivity index (χ1v) is 8.37. The Kier molecular flexibility index (Phi) is 6.27. The van der Waals surface area contributed by atoms with Crippen LogP contribution < -0.4 is 0 Å². The van der Waals surface area contributed by atoms with Crippen molar-refractivity contribution in [1.82, 2.24) is 0 Å². The molecule has 1 unspecified atom stereocenters. The number of aryl methyl sites for hydroxylation is 1. The third kappa shape index (κ3) is 5.51. The monoisotopic (exact) mass is 344 g/mol. The Morgan fingerprint density at radius 3 is 2.33 bits per heavy atom. The number of carboxylic acid groups (broad SMARTS) is 1. The average Bonchev–Trinajstić information content (AvgIpc) is 3.31. The van der Waals surface area contributed by atoms with Crippen molar-refractivity contribution in [3.8, 4) is 0 Å². The number of ether oxygens (including phenoxy) is 1. The summed E-state index contributed by atoms with van der Waals surface area (Å²) in [6, 6.07) is 5.50. The number of alkyl halides is 3. The zero-order valence-corrected chi connectivity index (χ0v) is 13.6. The van der Waals surface area contributed by atoms with Crippen LogP contribution >= 0.6 is 0 Å². The van der Waals surface area contributed by atoms with Crippen molar-refractivity contribution >= 4 is 5.97 Å². The maximum Gasteiger partial charge on any atom is 0.416 e. The van der Waals surface area contributed by atoms with Gasteiger partial charge in [0.25, 0.3) is 0 Å². The quantitative estimate of drug-likeness (QED) is 0.488. The van der Waals surface area contributed by atoms with Crippen molar-refractivity contribution in [2.75, 3.05) is 6.61 Å². The SMILES string of the molecule is O=C(O)C1(CCCCCCCCc2cccc(C(F)(F)F)c2)CO1. The van der Waals surface area contributed by atoms with Crippen molar-refractivity contribution in [1.29, 1.82) is 0 Å². The van der Waals surface area contributed by atoms with Crippen LogP contribution in [0.4, 0.5) is 13.2 Å². The highest BCUT2D eigenvalue weighted by Gasteiger charge is 2.51. The standard InChI is InChI=1S/C18H23F3O3/c19-18(20,21)15-10-7-9-14(12-15)8-5-3-1-2-4-6-11-17(13-24-17)16(22)23/h7,9-10,12H,1-6,8,11,13H2,(H,22,23). The van der Waals surface area contributed by atoms with Gasteiger partial charge in [-0.3, -0.25) is 0 Å². The van der Waals surface area contributed by atoms with Crippen LogP contribution in [0.25, 0.3) is 0 Å². The minimum atomic E-state index is -4.28. The molecule has 1 aliphatic heterocycles. The number of carboxylic acids is 1. The van der Waals surface area contributed by atoms with E-state index < -0.39 is 23.3 Å². The van der Waals surface area contributed by atoms with Crippen molar-refractivity contribution in [2.45, 2.75) is 63.1 Å². The molecule has 0 saturated carbocycles. The van der Waals surface area contributed by atoms with Crippen LogP contribution in [0.3, 0.4) is 0 Å². The van der Waals surface area contributed by atoms with E-state index in [-0.39, 0.29) is 0 Å². The molecular formula is C18H23F3O3. The lowest BCUT2D eigenvalue weighted by atomic mass is 10.00. The maximum atomic E-state index is 12.6. The third-order valence-electron chi connectivity index (χ3n) is 4.43. The fraction of sp³-hybridized carbons (Fsp3) is 0.611. The third-order valence-corrected chi connectivity index (χ3v) is 4.43. The van der Waals surface area contributed by atoms with Crippen molar-refractivity contribution in [3.05, 3.63) is 35.4 Å². The lowest BCUT2D eigenvalue weighted by Crippen LogP contribution is -2.23. The van der Waals surface area contributed by atoms with E-state index in [2.05, 4.69) is 0 Å². The van der Waals surface area contributed by atoms with Gasteiger partial charge in [0, 0.05) is 0 Å². The van der Waals surface area contributed by atoms with Crippen LogP contribution in [-0.4, -0.2) is 23.3 Å². The van der Waals surface area contributed by atoms with E-state index in [0.29, 0.717) is 19.4 Å². The molecule has 0 aliphatic carbocycles. The number of unbranched alkanes of at least 4 members (excludes halogenated alkanes) is 5. The van der Waals surface area contributed by atoms with Gasteiger partial charge >= 0.3 is 12.1 Å². The second-order valence-corrected chi connectivity index (χ2v) is 6.41. The summed E-state index contributed by atoms with van der Waals surface area (Å²) in [5, 5.41) is 8.96. The molecule has 1 aliphatic rings. The Hall–Kier alpha value is -1.56. The molecule has 6 heteroatoms. The molecule has 1 atom stereocenters. The highest BCUT2D eigenvalue weighted by atomic mass is 19.4. The fourth-order valence-corrected chi connectivity index (χ4v) is 2.81. The van der Waals surface area contributed by atoms with Crippen LogP contribution in [-0.2, 0) is 22.1 Å². The Balaban J connectivity index is 1.55. The molecule has 1 heterocycles. The summed E-state index contributed by atoms with van der Waals surface area (Å²) in [6.45, 7) is 0.319. The van der Waals surface area contributed by atoms with Gasteiger partial charge < -0.3 is 9.84 Å². The second kappa shape index (κ2) is 8.01. The van der Waals surface area contributed by atoms with E-state index in [9.17, 15) is 18.0 Å². The van der Waals surface area contributed by atoms with Gasteiger partial charge in [-0.15, -0.1) is 0 Å². The first-order valence-electron chi connectivity index (χ1n) is 8.37. The highest BCUT2D eigenvalue weighted by molar-refractivity contribution is 5.80. The molecular weight excluding hydrogens is 321 g/mol. The van der Waals surface area contributed by atoms with Crippen molar-refractivity contribution in [3.63, 3.8) is 0 Å². The molecule has 1 aromatic carbocycles. The Bertz CT molecular complexity index is 551. The second-order valence-electron chi connectivity index (χ2n) is 6.41. The van der Waals surface area contributed by atoms with Gasteiger partial charge in [-0.25, -0.2) is 4.79 Å². The molecule has 0 radical (unpaired) electrons. The summed E-state index contributed by atoms with van der Waals surface area (Å²) >= 11 is 0. The average molecular weight is 344 g/mol. The van der Waals surface area contributed by atoms with E-state index >= 15 is 0 Å². The van der Waals surface area contributed by atoms with E-state index in [0.717, 1.165) is 50.2 Å². The normalized spacial score (nSPS) is 20.1. The highest BCUT2D eigenvalue weighted by Crippen LogP contribution is 2.33. The van der Waals surface area contributed by atoms with E-state index in [4.69, 9.17) is 9.84 Å². The Morgan fingerprint density at radius 2 is 1.75 bits per heavy atom. The minimum Gasteiger partial charge on any atom is -0.479 e. The van der Waals surface area contributed by atoms with Crippen LogP contribution in [0.15, 0.2) is 24.3 Å². The zero-order chi connectivity index (χ0) is 17.6. The number of carbonyl (C=O) groups is 1. The number of hydrogen-bond acceptors (Lipinski definition) is 2. The van der Waals surface area contributed by atoms with E-state index in [1.54, 1.807) is 6.07 Å². The van der Waals surface area contributed by atoms with Crippen LogP contribution in [0, 0.1) is 0 Å². The van der Waals surface area contributed by atoms with Gasteiger partial charge in [-0.2, -0.15) is 13.2 Å². The van der Waals surface area contributed by atoms with Gasteiger partial charge in [-0.1, -0.05) is 43.9 Å². The van der Waals surface area contributed by atoms with E-state index in [1.165, 1.54) is 12.1 Å². The van der Waals surface area contributed by atoms with Crippen LogP contribution in [0.2, 0.25) is 0 Å². The summed E-state index contributed by atoms with van der Waals surface area (Å²) in [7, 11) is 0. The molecule has 0 aromatic heterocycles. The number of hydrogen-bond donors (Lipinski definition) is 1. The predicted molar refractivity (Wildman–Crippen MR) is 83.8 cm³/mol. The number of epoxide rings is 1. The summed E-state index contributed by atoms with van der Waals surface area (Å²) in [5.41, 5.74) is -0.780. The largest absolute Gasteiger partial charge is 0.479 e. The number of rotatable bonds is 10. The predicted octanol–water partition coefficient (Wildman–Crippen LogP) is 4.83. The minimum absolute atomic E-state index is 0.319.